The Bertz CT molecular complexity index is 638. The fraction of sp³-hybridized carbons (Fsp3) is 0.0714. The van der Waals surface area contributed by atoms with E-state index in [4.69, 9.17) is 0 Å². The van der Waals surface area contributed by atoms with Gasteiger partial charge in [0.2, 0.25) is 0 Å². The summed E-state index contributed by atoms with van der Waals surface area (Å²) in [6.07, 6.45) is 7.00. The smallest absolute Gasteiger partial charge is 0.145 e. The monoisotopic (exact) mass is 268 g/mol. The lowest BCUT2D eigenvalue weighted by atomic mass is 10.2. The third kappa shape index (κ3) is 2.95. The molecule has 0 saturated carbocycles. The predicted octanol–water partition coefficient (Wildman–Crippen LogP) is 3.21. The third-order valence-electron chi connectivity index (χ3n) is 2.63. The lowest BCUT2D eigenvalue weighted by Gasteiger charge is -2.05. The minimum atomic E-state index is 0.770. The van der Waals surface area contributed by atoms with Gasteiger partial charge >= 0.3 is 0 Å². The van der Waals surface area contributed by atoms with Crippen LogP contribution in [0.3, 0.4) is 0 Å². The van der Waals surface area contributed by atoms with Gasteiger partial charge in [-0.05, 0) is 23.6 Å². The third-order valence-corrected chi connectivity index (χ3v) is 3.51. The molecule has 0 atom stereocenters. The van der Waals surface area contributed by atoms with Gasteiger partial charge in [-0.3, -0.25) is 9.97 Å². The van der Waals surface area contributed by atoms with Gasteiger partial charge in [0, 0.05) is 22.8 Å². The van der Waals surface area contributed by atoms with Crippen molar-refractivity contribution in [3.05, 3.63) is 59.3 Å². The average Bonchev–Trinajstić information content (AvgIpc) is 3.00. The van der Waals surface area contributed by atoms with Gasteiger partial charge in [-0.25, -0.2) is 4.98 Å². The number of anilines is 1. The van der Waals surface area contributed by atoms with Crippen LogP contribution < -0.4 is 5.32 Å². The van der Waals surface area contributed by atoms with Crippen LogP contribution in [0, 0.1) is 0 Å². The van der Waals surface area contributed by atoms with Crippen molar-refractivity contribution in [3.8, 4) is 11.3 Å². The van der Waals surface area contributed by atoms with E-state index in [0.717, 1.165) is 23.6 Å². The summed E-state index contributed by atoms with van der Waals surface area (Å²) < 4.78 is 0. The molecule has 3 rings (SSSR count). The molecule has 4 nitrogen and oxygen atoms in total. The molecule has 0 unspecified atom stereocenters. The topological polar surface area (TPSA) is 50.7 Å². The Balaban J connectivity index is 1.77. The molecule has 0 spiro atoms. The second kappa shape index (κ2) is 5.58. The molecule has 0 aliphatic rings. The van der Waals surface area contributed by atoms with Crippen LogP contribution in [-0.2, 0) is 6.54 Å². The molecule has 0 aliphatic heterocycles. The van der Waals surface area contributed by atoms with Crippen LogP contribution in [0.4, 0.5) is 5.82 Å². The fourth-order valence-corrected chi connectivity index (χ4v) is 2.35. The van der Waals surface area contributed by atoms with Gasteiger partial charge in [0.1, 0.15) is 5.82 Å². The van der Waals surface area contributed by atoms with Gasteiger partial charge < -0.3 is 5.32 Å². The van der Waals surface area contributed by atoms with Crippen molar-refractivity contribution >= 4 is 17.2 Å². The van der Waals surface area contributed by atoms with E-state index >= 15 is 0 Å². The summed E-state index contributed by atoms with van der Waals surface area (Å²) in [5.41, 5.74) is 1.86. The van der Waals surface area contributed by atoms with Crippen LogP contribution in [0.25, 0.3) is 11.3 Å². The zero-order valence-corrected chi connectivity index (χ0v) is 11.0. The Morgan fingerprint density at radius 2 is 1.95 bits per heavy atom. The van der Waals surface area contributed by atoms with Crippen LogP contribution in [-0.4, -0.2) is 15.0 Å². The SMILES string of the molecule is c1csc(CNc2cncc(-c3ccncc3)n2)c1. The average molecular weight is 268 g/mol. The highest BCUT2D eigenvalue weighted by Gasteiger charge is 2.01. The number of rotatable bonds is 4. The van der Waals surface area contributed by atoms with E-state index in [1.807, 2.05) is 18.2 Å². The predicted molar refractivity (Wildman–Crippen MR) is 76.9 cm³/mol. The molecule has 3 aromatic rings. The molecule has 0 amide bonds. The Hall–Kier alpha value is -2.27. The summed E-state index contributed by atoms with van der Waals surface area (Å²) in [5.74, 6) is 0.780. The molecule has 5 heteroatoms. The maximum Gasteiger partial charge on any atom is 0.145 e. The van der Waals surface area contributed by atoms with Crippen LogP contribution >= 0.6 is 11.3 Å². The molecule has 0 aromatic carbocycles. The second-order valence-corrected chi connectivity index (χ2v) is 4.99. The zero-order chi connectivity index (χ0) is 12.9. The van der Waals surface area contributed by atoms with Crippen molar-refractivity contribution in [1.82, 2.24) is 15.0 Å². The standard InChI is InChI=1S/C14H12N4S/c1-2-12(19-7-1)8-17-14-10-16-9-13(18-14)11-3-5-15-6-4-11/h1-7,9-10H,8H2,(H,17,18). The van der Waals surface area contributed by atoms with Gasteiger partial charge in [0.05, 0.1) is 24.6 Å². The quantitative estimate of drug-likeness (QED) is 0.789. The van der Waals surface area contributed by atoms with Gasteiger partial charge in [0.15, 0.2) is 0 Å². The molecule has 0 fully saturated rings. The lowest BCUT2D eigenvalue weighted by Crippen LogP contribution is -2.01. The number of nitrogens with zero attached hydrogens (tertiary/aromatic N) is 3. The molecule has 0 radical (unpaired) electrons. The molecule has 19 heavy (non-hydrogen) atoms. The summed E-state index contributed by atoms with van der Waals surface area (Å²) in [6, 6.07) is 7.98. The molecule has 3 heterocycles. The van der Waals surface area contributed by atoms with Crippen LogP contribution in [0.1, 0.15) is 4.88 Å². The van der Waals surface area contributed by atoms with Crippen molar-refractivity contribution in [3.63, 3.8) is 0 Å². The van der Waals surface area contributed by atoms with Gasteiger partial charge in [-0.2, -0.15) is 0 Å². The maximum absolute atomic E-state index is 4.55. The van der Waals surface area contributed by atoms with Crippen LogP contribution in [0.15, 0.2) is 54.4 Å². The minimum Gasteiger partial charge on any atom is -0.364 e. The Kier molecular flexibility index (Phi) is 3.47. The molecule has 0 saturated heterocycles. The first-order valence-electron chi connectivity index (χ1n) is 5.90. The highest BCUT2D eigenvalue weighted by atomic mass is 32.1. The highest BCUT2D eigenvalue weighted by Crippen LogP contribution is 2.17. The van der Waals surface area contributed by atoms with Crippen LogP contribution in [0.5, 0.6) is 0 Å². The molecule has 0 aliphatic carbocycles. The largest absolute Gasteiger partial charge is 0.364 e. The fourth-order valence-electron chi connectivity index (χ4n) is 1.70. The first-order valence-corrected chi connectivity index (χ1v) is 6.78. The van der Waals surface area contributed by atoms with E-state index in [-0.39, 0.29) is 0 Å². The van der Waals surface area contributed by atoms with Gasteiger partial charge in [-0.1, -0.05) is 6.07 Å². The molecule has 3 aromatic heterocycles. The van der Waals surface area contributed by atoms with E-state index in [2.05, 4.69) is 31.7 Å². The lowest BCUT2D eigenvalue weighted by molar-refractivity contribution is 1.11. The first-order chi connectivity index (χ1) is 9.42. The van der Waals surface area contributed by atoms with Crippen LogP contribution in [0.2, 0.25) is 0 Å². The molecule has 0 bridgehead atoms. The Morgan fingerprint density at radius 3 is 2.74 bits per heavy atom. The minimum absolute atomic E-state index is 0.770. The molecular weight excluding hydrogens is 256 g/mol. The molecular formula is C14H12N4S. The summed E-state index contributed by atoms with van der Waals surface area (Å²) in [5, 5.41) is 5.34. The van der Waals surface area contributed by atoms with E-state index in [1.165, 1.54) is 4.88 Å². The molecule has 1 N–H and O–H groups in total. The number of pyridine rings is 1. The maximum atomic E-state index is 4.55. The van der Waals surface area contributed by atoms with Crippen molar-refractivity contribution in [2.75, 3.05) is 5.32 Å². The van der Waals surface area contributed by atoms with E-state index in [0.29, 0.717) is 0 Å². The Labute approximate surface area is 115 Å². The number of hydrogen-bond acceptors (Lipinski definition) is 5. The summed E-state index contributed by atoms with van der Waals surface area (Å²) in [7, 11) is 0. The second-order valence-electron chi connectivity index (χ2n) is 3.96. The van der Waals surface area contributed by atoms with E-state index < -0.39 is 0 Å². The number of thiophene rings is 1. The number of aromatic nitrogens is 3. The van der Waals surface area contributed by atoms with Crippen molar-refractivity contribution in [2.24, 2.45) is 0 Å². The number of hydrogen-bond donors (Lipinski definition) is 1. The van der Waals surface area contributed by atoms with Crippen molar-refractivity contribution in [1.29, 1.82) is 0 Å². The van der Waals surface area contributed by atoms with E-state index in [9.17, 15) is 0 Å². The zero-order valence-electron chi connectivity index (χ0n) is 10.2. The number of nitrogens with one attached hydrogen (secondary N) is 1. The van der Waals surface area contributed by atoms with E-state index in [1.54, 1.807) is 36.1 Å². The van der Waals surface area contributed by atoms with Crippen molar-refractivity contribution < 1.29 is 0 Å². The molecule has 94 valence electrons. The normalized spacial score (nSPS) is 10.3. The summed E-state index contributed by atoms with van der Waals surface area (Å²) in [6.45, 7) is 0.770. The van der Waals surface area contributed by atoms with Gasteiger partial charge in [0.25, 0.3) is 0 Å². The first kappa shape index (κ1) is 11.8. The summed E-state index contributed by atoms with van der Waals surface area (Å²) >= 11 is 1.72. The van der Waals surface area contributed by atoms with Gasteiger partial charge in [-0.15, -0.1) is 11.3 Å². The summed E-state index contributed by atoms with van der Waals surface area (Å²) in [4.78, 5) is 14.0. The highest BCUT2D eigenvalue weighted by molar-refractivity contribution is 7.09. The van der Waals surface area contributed by atoms with Crippen molar-refractivity contribution in [2.45, 2.75) is 6.54 Å². The Morgan fingerprint density at radius 1 is 1.05 bits per heavy atom.